The van der Waals surface area contributed by atoms with Crippen molar-refractivity contribution in [2.75, 3.05) is 0 Å². The molecule has 1 aromatic carbocycles. The van der Waals surface area contributed by atoms with E-state index in [1.165, 1.54) is 42.4 Å². The van der Waals surface area contributed by atoms with Crippen LogP contribution in [0.1, 0.15) is 50.2 Å². The highest BCUT2D eigenvalue weighted by atomic mass is 14.0. The zero-order valence-electron chi connectivity index (χ0n) is 13.1. The average molecular weight is 268 g/mol. The van der Waals surface area contributed by atoms with Gasteiger partial charge in [0.15, 0.2) is 0 Å². The van der Waals surface area contributed by atoms with Gasteiger partial charge in [-0.25, -0.2) is 0 Å². The highest BCUT2D eigenvalue weighted by Crippen LogP contribution is 2.12. The molecule has 0 heteroatoms. The molecule has 0 saturated carbocycles. The van der Waals surface area contributed by atoms with Crippen LogP contribution < -0.4 is 0 Å². The Kier molecular flexibility index (Phi) is 8.46. The van der Waals surface area contributed by atoms with Crippen molar-refractivity contribution in [2.24, 2.45) is 0 Å². The van der Waals surface area contributed by atoms with Gasteiger partial charge in [-0.2, -0.15) is 0 Å². The Labute approximate surface area is 124 Å². The molecule has 0 amide bonds. The van der Waals surface area contributed by atoms with Gasteiger partial charge in [0.05, 0.1) is 0 Å². The maximum Gasteiger partial charge on any atom is -0.0238 e. The van der Waals surface area contributed by atoms with E-state index >= 15 is 0 Å². The van der Waals surface area contributed by atoms with Crippen LogP contribution in [-0.4, -0.2) is 0 Å². The molecule has 20 heavy (non-hydrogen) atoms. The van der Waals surface area contributed by atoms with E-state index in [0.717, 1.165) is 12.8 Å². The number of rotatable bonds is 9. The summed E-state index contributed by atoms with van der Waals surface area (Å²) in [4.78, 5) is 0. The fourth-order valence-electron chi connectivity index (χ4n) is 2.16. The van der Waals surface area contributed by atoms with Gasteiger partial charge in [-0.05, 0) is 43.7 Å². The first-order valence-electron chi connectivity index (χ1n) is 7.80. The van der Waals surface area contributed by atoms with E-state index in [4.69, 9.17) is 0 Å². The van der Waals surface area contributed by atoms with Crippen molar-refractivity contribution < 1.29 is 0 Å². The standard InChI is InChI=1S/C20H28/c1-4-6-7-8-9-11-19(10-5-2)16-17-20-14-12-18(3)13-15-20/h5,9-15H,2,4,6-8,16-17H2,1,3H3/b11-9-,19-10+. The molecule has 0 spiro atoms. The van der Waals surface area contributed by atoms with Crippen LogP contribution in [0.3, 0.4) is 0 Å². The molecule has 0 saturated heterocycles. The molecule has 0 atom stereocenters. The molecule has 1 rings (SSSR count). The van der Waals surface area contributed by atoms with Crippen molar-refractivity contribution in [3.63, 3.8) is 0 Å². The van der Waals surface area contributed by atoms with Crippen molar-refractivity contribution in [1.29, 1.82) is 0 Å². The fourth-order valence-corrected chi connectivity index (χ4v) is 2.16. The maximum absolute atomic E-state index is 3.81. The Morgan fingerprint density at radius 1 is 1.15 bits per heavy atom. The van der Waals surface area contributed by atoms with Crippen LogP contribution in [0, 0.1) is 6.92 Å². The molecule has 0 radical (unpaired) electrons. The van der Waals surface area contributed by atoms with Crippen LogP contribution in [-0.2, 0) is 6.42 Å². The van der Waals surface area contributed by atoms with Crippen LogP contribution in [0.5, 0.6) is 0 Å². The highest BCUT2D eigenvalue weighted by molar-refractivity contribution is 5.26. The molecular weight excluding hydrogens is 240 g/mol. The Morgan fingerprint density at radius 3 is 2.55 bits per heavy atom. The Morgan fingerprint density at radius 2 is 1.90 bits per heavy atom. The Balaban J connectivity index is 2.44. The Hall–Kier alpha value is -1.56. The van der Waals surface area contributed by atoms with E-state index in [9.17, 15) is 0 Å². The summed E-state index contributed by atoms with van der Waals surface area (Å²) in [5, 5.41) is 0. The summed E-state index contributed by atoms with van der Waals surface area (Å²) in [5.41, 5.74) is 4.11. The third kappa shape index (κ3) is 7.13. The zero-order valence-corrected chi connectivity index (χ0v) is 13.1. The summed E-state index contributed by atoms with van der Waals surface area (Å²) in [6.45, 7) is 8.19. The van der Waals surface area contributed by atoms with Crippen molar-refractivity contribution in [3.8, 4) is 0 Å². The predicted octanol–water partition coefficient (Wildman–Crippen LogP) is 6.18. The summed E-state index contributed by atoms with van der Waals surface area (Å²) in [7, 11) is 0. The van der Waals surface area contributed by atoms with Gasteiger partial charge in [0.2, 0.25) is 0 Å². The minimum absolute atomic E-state index is 1.08. The average Bonchev–Trinajstić information content (AvgIpc) is 2.46. The molecule has 1 aromatic rings. The molecule has 0 N–H and O–H groups in total. The van der Waals surface area contributed by atoms with Gasteiger partial charge in [-0.15, -0.1) is 0 Å². The molecule has 0 fully saturated rings. The lowest BCUT2D eigenvalue weighted by molar-refractivity contribution is 0.729. The van der Waals surface area contributed by atoms with Crippen LogP contribution in [0.2, 0.25) is 0 Å². The molecule has 0 unspecified atom stereocenters. The zero-order chi connectivity index (χ0) is 14.6. The van der Waals surface area contributed by atoms with Gasteiger partial charge in [0.25, 0.3) is 0 Å². The van der Waals surface area contributed by atoms with E-state index in [-0.39, 0.29) is 0 Å². The molecule has 0 aromatic heterocycles. The molecule has 108 valence electrons. The van der Waals surface area contributed by atoms with Gasteiger partial charge in [-0.3, -0.25) is 0 Å². The summed E-state index contributed by atoms with van der Waals surface area (Å²) >= 11 is 0. The molecule has 0 bridgehead atoms. The van der Waals surface area contributed by atoms with E-state index in [2.05, 4.69) is 62.9 Å². The summed E-state index contributed by atoms with van der Waals surface area (Å²) in [6, 6.07) is 8.83. The van der Waals surface area contributed by atoms with Crippen LogP contribution in [0.15, 0.2) is 60.7 Å². The molecule has 0 aliphatic carbocycles. The first kappa shape index (κ1) is 16.5. The molecule has 0 nitrogen and oxygen atoms in total. The van der Waals surface area contributed by atoms with E-state index in [0.29, 0.717) is 0 Å². The van der Waals surface area contributed by atoms with Crippen molar-refractivity contribution in [3.05, 3.63) is 71.8 Å². The second-order valence-electron chi connectivity index (χ2n) is 5.36. The van der Waals surface area contributed by atoms with Gasteiger partial charge in [0, 0.05) is 0 Å². The number of unbranched alkanes of at least 4 members (excludes halogenated alkanes) is 3. The quantitative estimate of drug-likeness (QED) is 0.371. The first-order valence-corrected chi connectivity index (χ1v) is 7.80. The van der Waals surface area contributed by atoms with Gasteiger partial charge in [-0.1, -0.05) is 80.5 Å². The summed E-state index contributed by atoms with van der Waals surface area (Å²) in [6.07, 6.45) is 15.9. The lowest BCUT2D eigenvalue weighted by atomic mass is 10.0. The molecule has 0 aliphatic rings. The minimum Gasteiger partial charge on any atom is -0.0991 e. The van der Waals surface area contributed by atoms with Crippen LogP contribution in [0.4, 0.5) is 0 Å². The number of hydrogen-bond acceptors (Lipinski definition) is 0. The molecule has 0 aliphatic heterocycles. The predicted molar refractivity (Wildman–Crippen MR) is 91.1 cm³/mol. The number of allylic oxidation sites excluding steroid dienone is 5. The van der Waals surface area contributed by atoms with E-state index in [1.807, 2.05) is 6.08 Å². The van der Waals surface area contributed by atoms with Crippen LogP contribution >= 0.6 is 0 Å². The Bertz CT molecular complexity index is 432. The lowest BCUT2D eigenvalue weighted by Gasteiger charge is -2.03. The van der Waals surface area contributed by atoms with Gasteiger partial charge < -0.3 is 0 Å². The normalized spacial score (nSPS) is 12.0. The second kappa shape index (κ2) is 10.3. The molecule has 0 heterocycles. The highest BCUT2D eigenvalue weighted by Gasteiger charge is 1.96. The largest absolute Gasteiger partial charge is 0.0991 e. The topological polar surface area (TPSA) is 0 Å². The fraction of sp³-hybridized carbons (Fsp3) is 0.400. The maximum atomic E-state index is 3.81. The minimum atomic E-state index is 1.08. The monoisotopic (exact) mass is 268 g/mol. The number of aryl methyl sites for hydroxylation is 2. The first-order chi connectivity index (χ1) is 9.76. The van der Waals surface area contributed by atoms with Crippen molar-refractivity contribution >= 4 is 0 Å². The third-order valence-corrected chi connectivity index (χ3v) is 3.46. The van der Waals surface area contributed by atoms with Crippen molar-refractivity contribution in [2.45, 2.75) is 52.4 Å². The lowest BCUT2D eigenvalue weighted by Crippen LogP contribution is -1.88. The molecular formula is C20H28. The summed E-state index contributed by atoms with van der Waals surface area (Å²) < 4.78 is 0. The SMILES string of the molecule is C=C/C=C(\C=C/CCCCC)CCc1ccc(C)cc1. The van der Waals surface area contributed by atoms with Gasteiger partial charge in [0.1, 0.15) is 0 Å². The smallest absolute Gasteiger partial charge is 0.0238 e. The van der Waals surface area contributed by atoms with E-state index < -0.39 is 0 Å². The van der Waals surface area contributed by atoms with Crippen molar-refractivity contribution in [1.82, 2.24) is 0 Å². The number of benzene rings is 1. The number of hydrogen-bond donors (Lipinski definition) is 0. The third-order valence-electron chi connectivity index (χ3n) is 3.46. The van der Waals surface area contributed by atoms with Crippen LogP contribution in [0.25, 0.3) is 0 Å². The summed E-state index contributed by atoms with van der Waals surface area (Å²) in [5.74, 6) is 0. The second-order valence-corrected chi connectivity index (χ2v) is 5.36. The van der Waals surface area contributed by atoms with E-state index in [1.54, 1.807) is 0 Å². The van der Waals surface area contributed by atoms with Gasteiger partial charge >= 0.3 is 0 Å².